The molecule has 0 aliphatic heterocycles. The molecule has 0 unspecified atom stereocenters. The first kappa shape index (κ1) is 35.6. The van der Waals surface area contributed by atoms with Crippen molar-refractivity contribution in [3.05, 3.63) is 206 Å². The molecular formula is C57H34N4OS. The monoisotopic (exact) mass is 822 g/mol. The van der Waals surface area contributed by atoms with E-state index in [-0.39, 0.29) is 0 Å². The summed E-state index contributed by atoms with van der Waals surface area (Å²) in [5.41, 5.74) is 12.1. The zero-order valence-electron chi connectivity index (χ0n) is 33.7. The van der Waals surface area contributed by atoms with Crippen LogP contribution in [0.5, 0.6) is 0 Å². The van der Waals surface area contributed by atoms with Crippen molar-refractivity contribution in [2.75, 3.05) is 0 Å². The second kappa shape index (κ2) is 14.2. The predicted molar refractivity (Wildman–Crippen MR) is 262 cm³/mol. The third kappa shape index (κ3) is 5.73. The largest absolute Gasteiger partial charge is 0.455 e. The Labute approximate surface area is 365 Å². The van der Waals surface area contributed by atoms with Crippen LogP contribution < -0.4 is 0 Å². The fourth-order valence-corrected chi connectivity index (χ4v) is 10.5. The summed E-state index contributed by atoms with van der Waals surface area (Å²) in [6, 6.07) is 72.6. The number of hydrogen-bond donors (Lipinski definition) is 0. The van der Waals surface area contributed by atoms with E-state index in [4.69, 9.17) is 19.4 Å². The molecule has 0 radical (unpaired) electrons. The van der Waals surface area contributed by atoms with Crippen molar-refractivity contribution in [3.63, 3.8) is 0 Å². The van der Waals surface area contributed by atoms with Crippen molar-refractivity contribution in [1.29, 1.82) is 0 Å². The summed E-state index contributed by atoms with van der Waals surface area (Å²) in [5.74, 6) is 1.75. The number of thiophene rings is 1. The first-order chi connectivity index (χ1) is 31.2. The minimum atomic E-state index is 0.550. The molecule has 0 fully saturated rings. The summed E-state index contributed by atoms with van der Waals surface area (Å²) in [6.45, 7) is 0. The lowest BCUT2D eigenvalue weighted by atomic mass is 9.97. The number of rotatable bonds is 6. The number of furan rings is 1. The van der Waals surface area contributed by atoms with Gasteiger partial charge < -0.3 is 8.98 Å². The summed E-state index contributed by atoms with van der Waals surface area (Å²) in [7, 11) is 0. The highest BCUT2D eigenvalue weighted by Crippen LogP contribution is 2.44. The van der Waals surface area contributed by atoms with Crippen LogP contribution in [0.15, 0.2) is 211 Å². The van der Waals surface area contributed by atoms with Gasteiger partial charge in [0, 0.05) is 58.4 Å². The van der Waals surface area contributed by atoms with E-state index in [0.717, 1.165) is 66.6 Å². The van der Waals surface area contributed by atoms with Crippen LogP contribution in [-0.4, -0.2) is 19.5 Å². The van der Waals surface area contributed by atoms with Gasteiger partial charge in [-0.25, -0.2) is 15.0 Å². The molecule has 13 aromatic rings. The maximum atomic E-state index is 6.92. The molecule has 294 valence electrons. The Hall–Kier alpha value is -8.19. The van der Waals surface area contributed by atoms with E-state index in [1.54, 1.807) is 11.3 Å². The number of fused-ring (bicyclic) bond motifs is 9. The summed E-state index contributed by atoms with van der Waals surface area (Å²) in [6.07, 6.45) is 0. The van der Waals surface area contributed by atoms with Gasteiger partial charge in [-0.1, -0.05) is 152 Å². The van der Waals surface area contributed by atoms with Crippen molar-refractivity contribution >= 4 is 75.3 Å². The number of benzene rings is 9. The van der Waals surface area contributed by atoms with E-state index in [1.165, 1.54) is 42.0 Å². The van der Waals surface area contributed by atoms with Gasteiger partial charge in [0.05, 0.1) is 22.3 Å². The van der Waals surface area contributed by atoms with E-state index in [9.17, 15) is 0 Å². The maximum Gasteiger partial charge on any atom is 0.167 e. The van der Waals surface area contributed by atoms with E-state index in [1.807, 2.05) is 6.07 Å². The fraction of sp³-hybridized carbons (Fsp3) is 0. The van der Waals surface area contributed by atoms with Gasteiger partial charge in [0.15, 0.2) is 17.5 Å². The van der Waals surface area contributed by atoms with Gasteiger partial charge in [0.2, 0.25) is 0 Å². The number of aromatic nitrogens is 4. The van der Waals surface area contributed by atoms with E-state index < -0.39 is 0 Å². The molecule has 0 aliphatic carbocycles. The first-order valence-electron chi connectivity index (χ1n) is 21.1. The third-order valence-electron chi connectivity index (χ3n) is 12.3. The van der Waals surface area contributed by atoms with Gasteiger partial charge in [0.1, 0.15) is 11.2 Å². The van der Waals surface area contributed by atoms with Gasteiger partial charge in [-0.05, 0) is 71.3 Å². The van der Waals surface area contributed by atoms with E-state index in [2.05, 4.69) is 205 Å². The molecule has 13 rings (SSSR count). The van der Waals surface area contributed by atoms with E-state index >= 15 is 0 Å². The quantitative estimate of drug-likeness (QED) is 0.168. The topological polar surface area (TPSA) is 56.7 Å². The van der Waals surface area contributed by atoms with Crippen LogP contribution in [-0.2, 0) is 0 Å². The summed E-state index contributed by atoms with van der Waals surface area (Å²) < 4.78 is 11.8. The standard InChI is InChI=1S/C57H34N4OS/c1-2-14-35(15-3-1)36-28-30-37(31-29-36)55-58-56(38-32-33-52-46(34-38)42-19-7-11-27-51(42)63-52)60-57(59-55)45-22-12-21-44-53-43(20-13-26-50(53)62-54(44)45)41-18-6-10-25-49(41)61-47-23-8-4-16-39(47)40-17-5-9-24-48(40)61/h1-34H. The Morgan fingerprint density at radius 2 is 0.921 bits per heavy atom. The van der Waals surface area contributed by atoms with Crippen molar-refractivity contribution < 1.29 is 4.42 Å². The van der Waals surface area contributed by atoms with Crippen LogP contribution in [0, 0.1) is 0 Å². The molecule has 0 aliphatic rings. The lowest BCUT2D eigenvalue weighted by Crippen LogP contribution is -2.00. The zero-order chi connectivity index (χ0) is 41.4. The molecule has 0 atom stereocenters. The molecule has 5 nitrogen and oxygen atoms in total. The van der Waals surface area contributed by atoms with Crippen LogP contribution in [0.3, 0.4) is 0 Å². The fourth-order valence-electron chi connectivity index (χ4n) is 9.39. The highest BCUT2D eigenvalue weighted by molar-refractivity contribution is 7.25. The Kier molecular flexibility index (Phi) is 8.01. The molecule has 9 aromatic carbocycles. The smallest absolute Gasteiger partial charge is 0.167 e. The Balaban J connectivity index is 1.01. The van der Waals surface area contributed by atoms with Crippen molar-refractivity contribution in [2.45, 2.75) is 0 Å². The highest BCUT2D eigenvalue weighted by Gasteiger charge is 2.22. The zero-order valence-corrected chi connectivity index (χ0v) is 34.6. The number of nitrogens with zero attached hydrogens (tertiary/aromatic N) is 4. The van der Waals surface area contributed by atoms with Gasteiger partial charge in [-0.3, -0.25) is 0 Å². The van der Waals surface area contributed by atoms with Crippen LogP contribution in [0.2, 0.25) is 0 Å². The lowest BCUT2D eigenvalue weighted by molar-refractivity contribution is 0.669. The Morgan fingerprint density at radius 3 is 1.73 bits per heavy atom. The average molecular weight is 823 g/mol. The van der Waals surface area contributed by atoms with Gasteiger partial charge in [0.25, 0.3) is 0 Å². The van der Waals surface area contributed by atoms with Gasteiger partial charge in [-0.2, -0.15) is 0 Å². The second-order valence-corrected chi connectivity index (χ2v) is 17.0. The Morgan fingerprint density at radius 1 is 0.365 bits per heavy atom. The lowest BCUT2D eigenvalue weighted by Gasteiger charge is -2.14. The summed E-state index contributed by atoms with van der Waals surface area (Å²) in [4.78, 5) is 15.7. The van der Waals surface area contributed by atoms with Gasteiger partial charge in [-0.15, -0.1) is 11.3 Å². The second-order valence-electron chi connectivity index (χ2n) is 15.9. The molecule has 63 heavy (non-hydrogen) atoms. The average Bonchev–Trinajstić information content (AvgIpc) is 4.04. The van der Waals surface area contributed by atoms with Crippen LogP contribution in [0.4, 0.5) is 0 Å². The molecule has 0 saturated carbocycles. The number of hydrogen-bond acceptors (Lipinski definition) is 5. The molecule has 0 amide bonds. The SMILES string of the molecule is c1ccc(-c2ccc(-c3nc(-c4ccc5sc6ccccc6c5c4)nc(-c4cccc5c4oc4cccc(-c6ccccc6-n6c7ccccc7c7ccccc76)c45)n3)cc2)cc1. The van der Waals surface area contributed by atoms with Crippen LogP contribution in [0.25, 0.3) is 126 Å². The molecule has 6 heteroatoms. The van der Waals surface area contributed by atoms with Crippen molar-refractivity contribution in [1.82, 2.24) is 19.5 Å². The van der Waals surface area contributed by atoms with Gasteiger partial charge >= 0.3 is 0 Å². The molecule has 4 heterocycles. The molecule has 4 aromatic heterocycles. The minimum Gasteiger partial charge on any atom is -0.455 e. The highest BCUT2D eigenvalue weighted by atomic mass is 32.1. The molecule has 0 saturated heterocycles. The van der Waals surface area contributed by atoms with Crippen molar-refractivity contribution in [3.8, 4) is 62.1 Å². The van der Waals surface area contributed by atoms with E-state index in [0.29, 0.717) is 17.5 Å². The minimum absolute atomic E-state index is 0.550. The van der Waals surface area contributed by atoms with Crippen LogP contribution >= 0.6 is 11.3 Å². The summed E-state index contributed by atoms with van der Waals surface area (Å²) >= 11 is 1.80. The first-order valence-corrected chi connectivity index (χ1v) is 21.9. The normalized spacial score (nSPS) is 11.8. The third-order valence-corrected chi connectivity index (χ3v) is 13.5. The Bertz CT molecular complexity index is 3860. The molecule has 0 bridgehead atoms. The van der Waals surface area contributed by atoms with Crippen LogP contribution in [0.1, 0.15) is 0 Å². The maximum absolute atomic E-state index is 6.92. The summed E-state index contributed by atoms with van der Waals surface area (Å²) in [5, 5.41) is 6.92. The molecular weight excluding hydrogens is 789 g/mol. The van der Waals surface area contributed by atoms with Crippen molar-refractivity contribution in [2.24, 2.45) is 0 Å². The molecule has 0 N–H and O–H groups in total. The number of para-hydroxylation sites is 4. The predicted octanol–water partition coefficient (Wildman–Crippen LogP) is 15.6. The molecule has 0 spiro atoms.